The summed E-state index contributed by atoms with van der Waals surface area (Å²) in [4.78, 5) is 0. The average Bonchev–Trinajstić information content (AvgIpc) is 3.31. The van der Waals surface area contributed by atoms with Crippen molar-refractivity contribution in [2.45, 2.75) is 16.9 Å². The molecule has 6 aromatic rings. The zero-order valence-electron chi connectivity index (χ0n) is 30.9. The summed E-state index contributed by atoms with van der Waals surface area (Å²) in [6, 6.07) is 11.8. The summed E-state index contributed by atoms with van der Waals surface area (Å²) in [6.45, 7) is 0. The van der Waals surface area contributed by atoms with Gasteiger partial charge in [0.25, 0.3) is 0 Å². The maximum absolute atomic E-state index is 18.7. The Morgan fingerprint density at radius 3 is 0.812 bits per heavy atom. The molecule has 0 N–H and O–H groups in total. The van der Waals surface area contributed by atoms with Crippen LogP contribution in [0, 0.1) is 87.3 Å². The maximum Gasteiger partial charge on any atom is 0.200 e. The lowest BCUT2D eigenvalue weighted by atomic mass is 9.01. The predicted molar refractivity (Wildman–Crippen MR) is 189 cm³/mol. The highest BCUT2D eigenvalue weighted by atomic mass is 19.2. The van der Waals surface area contributed by atoms with E-state index in [-0.39, 0.29) is 0 Å². The molecule has 0 radical (unpaired) electrons. The van der Waals surface area contributed by atoms with E-state index in [9.17, 15) is 0 Å². The Morgan fingerprint density at radius 2 is 0.562 bits per heavy atom. The van der Waals surface area contributed by atoms with Crippen LogP contribution in [-0.4, -0.2) is 12.3 Å². The van der Waals surface area contributed by atoms with Gasteiger partial charge in [-0.15, -0.1) is 16.4 Å². The minimum atomic E-state index is -7.70. The molecule has 64 heavy (non-hydrogen) atoms. The number of hydrogen-bond acceptors (Lipinski definition) is 0. The highest BCUT2D eigenvalue weighted by Gasteiger charge is 2.74. The van der Waals surface area contributed by atoms with Gasteiger partial charge in [0, 0.05) is 5.41 Å². The predicted octanol–water partition coefficient (Wildman–Crippen LogP) is 11.7. The van der Waals surface area contributed by atoms with Crippen molar-refractivity contribution in [2.24, 2.45) is 0 Å². The number of rotatable bonds is 8. The van der Waals surface area contributed by atoms with E-state index in [0.29, 0.717) is 36.4 Å². The largest absolute Gasteiger partial charge is 0.242 e. The second-order valence-electron chi connectivity index (χ2n) is 14.2. The molecule has 1 aliphatic carbocycles. The van der Waals surface area contributed by atoms with Crippen molar-refractivity contribution in [3.8, 4) is 0 Å². The van der Waals surface area contributed by atoms with E-state index in [4.69, 9.17) is 0 Å². The van der Waals surface area contributed by atoms with Gasteiger partial charge in [-0.25, -0.2) is 87.8 Å². The van der Waals surface area contributed by atoms with Gasteiger partial charge in [0.1, 0.15) is 53.0 Å². The number of hydrogen-bond donors (Lipinski definition) is 0. The summed E-state index contributed by atoms with van der Waals surface area (Å²) in [7, 11) is 0. The first-order valence-electron chi connectivity index (χ1n) is 17.8. The van der Waals surface area contributed by atoms with Crippen molar-refractivity contribution in [3.05, 3.63) is 218 Å². The fourth-order valence-electron chi connectivity index (χ4n) is 9.30. The first kappa shape index (κ1) is 45.5. The quantitative estimate of drug-likeness (QED) is 0.0469. The van der Waals surface area contributed by atoms with Gasteiger partial charge >= 0.3 is 0 Å². The van der Waals surface area contributed by atoms with Crippen molar-refractivity contribution in [1.29, 1.82) is 0 Å². The second kappa shape index (κ2) is 15.9. The molecule has 0 saturated heterocycles. The third-order valence-corrected chi connectivity index (χ3v) is 11.5. The minimum absolute atomic E-state index is 0.614. The van der Waals surface area contributed by atoms with Gasteiger partial charge in [0.2, 0.25) is 0 Å². The van der Waals surface area contributed by atoms with Crippen LogP contribution in [0.5, 0.6) is 0 Å². The molecule has 21 heteroatoms. The van der Waals surface area contributed by atoms with Gasteiger partial charge in [-0.3, -0.25) is 0 Å². The first-order valence-corrected chi connectivity index (χ1v) is 17.8. The monoisotopic (exact) mass is 923 g/mol. The van der Waals surface area contributed by atoms with Crippen LogP contribution in [0.3, 0.4) is 0 Å². The van der Waals surface area contributed by atoms with Crippen LogP contribution in [0.25, 0.3) is 0 Å². The van der Waals surface area contributed by atoms with Gasteiger partial charge < -0.3 is 0 Å². The van der Waals surface area contributed by atoms with Crippen molar-refractivity contribution >= 4 is 22.5 Å². The lowest BCUT2D eigenvalue weighted by molar-refractivity contribution is 0.172. The van der Waals surface area contributed by atoms with Gasteiger partial charge in [0.05, 0.1) is 0 Å². The summed E-state index contributed by atoms with van der Waals surface area (Å²) >= 11 is 0. The van der Waals surface area contributed by atoms with Gasteiger partial charge in [-0.2, -0.15) is 0 Å². The maximum atomic E-state index is 18.7. The van der Waals surface area contributed by atoms with Gasteiger partial charge in [-0.05, 0) is 22.0 Å². The Kier molecular flexibility index (Phi) is 11.3. The SMILES string of the molecule is FC1=C(F)C(F)C([B-](c2c(F)c(F)c(F)c(F)c2F)(c2c(F)c(F)c(F)c(F)c2F)c2c(F)c(F)c(F)c(F)c2F)(C(c2ccccc2)(c2ccccc2)c2ccccc2)C(F)=C1F. The minimum Gasteiger partial charge on any atom is -0.242 e. The summed E-state index contributed by atoms with van der Waals surface area (Å²) in [6.07, 6.45) is -12.8. The molecule has 7 rings (SSSR count). The highest BCUT2D eigenvalue weighted by Crippen LogP contribution is 2.71. The number of allylic oxidation sites excluding steroid dienone is 4. The van der Waals surface area contributed by atoms with Crippen LogP contribution < -0.4 is 16.4 Å². The lowest BCUT2D eigenvalue weighted by Crippen LogP contribution is -2.84. The van der Waals surface area contributed by atoms with E-state index >= 15 is 87.8 Å². The zero-order chi connectivity index (χ0) is 47.1. The van der Waals surface area contributed by atoms with Gasteiger partial charge in [0.15, 0.2) is 69.8 Å². The van der Waals surface area contributed by atoms with Crippen LogP contribution in [-0.2, 0) is 5.41 Å². The van der Waals surface area contributed by atoms with E-state index in [1.54, 1.807) is 0 Å². The third-order valence-electron chi connectivity index (χ3n) is 11.5. The third kappa shape index (κ3) is 5.60. The lowest BCUT2D eigenvalue weighted by Gasteiger charge is -2.67. The van der Waals surface area contributed by atoms with Gasteiger partial charge in [-0.1, -0.05) is 91.0 Å². The van der Waals surface area contributed by atoms with Crippen LogP contribution in [0.15, 0.2) is 114 Å². The van der Waals surface area contributed by atoms with Crippen LogP contribution in [0.1, 0.15) is 16.7 Å². The summed E-state index contributed by atoms with van der Waals surface area (Å²) in [5.74, 6) is -68.1. The molecule has 332 valence electrons. The fourth-order valence-corrected chi connectivity index (χ4v) is 9.30. The normalized spacial score (nSPS) is 17.2. The Hall–Kier alpha value is -6.54. The summed E-state index contributed by atoms with van der Waals surface area (Å²) < 4.78 is 330. The average molecular weight is 923 g/mol. The molecule has 0 heterocycles. The Balaban J connectivity index is 2.12. The molecule has 0 aromatic heterocycles. The van der Waals surface area contributed by atoms with Crippen molar-refractivity contribution in [1.82, 2.24) is 0 Å². The molecule has 2 atom stereocenters. The van der Waals surface area contributed by atoms with Crippen molar-refractivity contribution < 1.29 is 87.8 Å². The highest BCUT2D eigenvalue weighted by molar-refractivity contribution is 7.14. The Labute approximate surface area is 345 Å². The van der Waals surface area contributed by atoms with Crippen molar-refractivity contribution in [2.75, 3.05) is 0 Å². The van der Waals surface area contributed by atoms with E-state index in [1.165, 1.54) is 0 Å². The van der Waals surface area contributed by atoms with E-state index in [2.05, 4.69) is 0 Å². The molecule has 1 aliphatic rings. The second-order valence-corrected chi connectivity index (χ2v) is 14.2. The van der Waals surface area contributed by atoms with Crippen LogP contribution in [0.4, 0.5) is 87.8 Å². The molecular weight excluding hydrogens is 907 g/mol. The molecule has 0 spiro atoms. The fraction of sp³-hybridized carbons (Fsp3) is 0.0698. The number of alkyl halides is 1. The smallest absolute Gasteiger partial charge is 0.200 e. The molecule has 0 nitrogen and oxygen atoms in total. The molecular formula is C43H16BF20-. The molecule has 0 bridgehead atoms. The van der Waals surface area contributed by atoms with Crippen LogP contribution in [0.2, 0.25) is 5.31 Å². The molecule has 0 saturated carbocycles. The van der Waals surface area contributed by atoms with Crippen LogP contribution >= 0.6 is 0 Å². The number of benzene rings is 6. The standard InChI is InChI=1S/C43H16BF20/c45-22-19(23(46)29(52)34(57)28(22)51)44(20-24(47)30(53)35(58)31(54)25(20)48,21-26(49)32(55)36(59)33(56)27(21)50)43(40(63)38(61)37(60)39(62)41(43)64)42(16-10-4-1-5-11-16,17-12-6-2-7-13-17)18-14-8-3-9-15-18/h1-15,40H/q-1. The number of halogens is 20. The van der Waals surface area contributed by atoms with Crippen molar-refractivity contribution in [3.63, 3.8) is 0 Å². The van der Waals surface area contributed by atoms with E-state index in [1.807, 2.05) is 0 Å². The molecule has 0 fully saturated rings. The molecule has 0 amide bonds. The Morgan fingerprint density at radius 1 is 0.328 bits per heavy atom. The summed E-state index contributed by atoms with van der Waals surface area (Å²) in [5.41, 5.74) is -18.3. The first-order chi connectivity index (χ1) is 30.1. The Bertz CT molecular complexity index is 2600. The molecule has 6 aromatic carbocycles. The van der Waals surface area contributed by atoms with E-state index < -0.39 is 167 Å². The summed E-state index contributed by atoms with van der Waals surface area (Å²) in [5, 5.41) is -5.80. The molecule has 2 unspecified atom stereocenters. The molecule has 0 aliphatic heterocycles. The zero-order valence-corrected chi connectivity index (χ0v) is 30.9. The van der Waals surface area contributed by atoms with E-state index in [0.717, 1.165) is 54.6 Å². The topological polar surface area (TPSA) is 0 Å².